The summed E-state index contributed by atoms with van der Waals surface area (Å²) in [6, 6.07) is 11.8. The number of aromatic nitrogens is 2. The van der Waals surface area contributed by atoms with Crippen molar-refractivity contribution in [3.8, 4) is 6.07 Å². The molecule has 0 spiro atoms. The standard InChI is InChI=1S/C27H30N6O2/c1-19-8-9-22-23(14-19)30-27(29-22)21(18-28)15-20-16-26(33(34)35)25(32-12-6-3-7-13-32)17-24(20)31-10-4-2-5-11-31/h8-9,14-17H,2-7,10-13H2,1H3,(H,29,30). The maximum atomic E-state index is 12.1. The summed E-state index contributed by atoms with van der Waals surface area (Å²) >= 11 is 0. The molecule has 2 fully saturated rings. The van der Waals surface area contributed by atoms with E-state index in [1.54, 1.807) is 12.1 Å². The van der Waals surface area contributed by atoms with Crippen molar-refractivity contribution in [1.82, 2.24) is 9.97 Å². The molecule has 8 heteroatoms. The van der Waals surface area contributed by atoms with Crippen molar-refractivity contribution in [2.24, 2.45) is 0 Å². The number of nitrogens with zero attached hydrogens (tertiary/aromatic N) is 5. The molecule has 0 amide bonds. The molecule has 1 N–H and O–H groups in total. The lowest BCUT2D eigenvalue weighted by Gasteiger charge is -2.33. The van der Waals surface area contributed by atoms with E-state index in [1.807, 2.05) is 31.2 Å². The van der Waals surface area contributed by atoms with Crippen LogP contribution < -0.4 is 9.80 Å². The molecule has 0 atom stereocenters. The zero-order valence-corrected chi connectivity index (χ0v) is 20.1. The normalized spacial score (nSPS) is 17.0. The summed E-state index contributed by atoms with van der Waals surface area (Å²) < 4.78 is 0. The Morgan fingerprint density at radius 3 is 2.31 bits per heavy atom. The molecule has 0 bridgehead atoms. The summed E-state index contributed by atoms with van der Waals surface area (Å²) in [7, 11) is 0. The van der Waals surface area contributed by atoms with Crippen molar-refractivity contribution in [3.63, 3.8) is 0 Å². The Morgan fingerprint density at radius 2 is 1.69 bits per heavy atom. The number of nitro groups is 1. The van der Waals surface area contributed by atoms with Crippen LogP contribution in [0.5, 0.6) is 0 Å². The van der Waals surface area contributed by atoms with E-state index in [4.69, 9.17) is 0 Å². The first-order valence-electron chi connectivity index (χ1n) is 12.4. The van der Waals surface area contributed by atoms with Crippen LogP contribution in [0.3, 0.4) is 0 Å². The summed E-state index contributed by atoms with van der Waals surface area (Å²) in [5.74, 6) is 0.473. The van der Waals surface area contributed by atoms with E-state index in [-0.39, 0.29) is 10.6 Å². The molecule has 1 aromatic heterocycles. The second-order valence-electron chi connectivity index (χ2n) is 9.53. The van der Waals surface area contributed by atoms with Gasteiger partial charge in [-0.15, -0.1) is 0 Å². The summed E-state index contributed by atoms with van der Waals surface area (Å²) in [5, 5.41) is 22.2. The fourth-order valence-electron chi connectivity index (χ4n) is 5.20. The van der Waals surface area contributed by atoms with Crippen LogP contribution in [-0.4, -0.2) is 41.1 Å². The zero-order chi connectivity index (χ0) is 24.4. The van der Waals surface area contributed by atoms with Gasteiger partial charge in [-0.3, -0.25) is 10.1 Å². The predicted octanol–water partition coefficient (Wildman–Crippen LogP) is 5.82. The highest BCUT2D eigenvalue weighted by Crippen LogP contribution is 2.39. The SMILES string of the molecule is Cc1ccc2nc(C(C#N)=Cc3cc([N+](=O)[O-])c(N4CCCCC4)cc3N3CCCCC3)[nH]c2c1. The summed E-state index contributed by atoms with van der Waals surface area (Å²) in [6.07, 6.45) is 8.37. The van der Waals surface area contributed by atoms with Crippen molar-refractivity contribution in [3.05, 3.63) is 57.4 Å². The molecule has 0 unspecified atom stereocenters. The smallest absolute Gasteiger partial charge is 0.293 e. The Balaban J connectivity index is 1.64. The van der Waals surface area contributed by atoms with Gasteiger partial charge in [-0.2, -0.15) is 5.26 Å². The number of imidazole rings is 1. The van der Waals surface area contributed by atoms with Gasteiger partial charge in [0.05, 0.1) is 21.5 Å². The number of anilines is 2. The zero-order valence-electron chi connectivity index (χ0n) is 20.1. The van der Waals surface area contributed by atoms with Crippen LogP contribution in [0.25, 0.3) is 22.7 Å². The number of rotatable bonds is 5. The van der Waals surface area contributed by atoms with Gasteiger partial charge in [0.2, 0.25) is 0 Å². The fraction of sp³-hybridized carbons (Fsp3) is 0.407. The Labute approximate surface area is 205 Å². The molecule has 180 valence electrons. The number of nitro benzene ring substituents is 1. The van der Waals surface area contributed by atoms with Crippen LogP contribution in [0.15, 0.2) is 30.3 Å². The maximum Gasteiger partial charge on any atom is 0.293 e. The Kier molecular flexibility index (Phi) is 6.41. The van der Waals surface area contributed by atoms with Gasteiger partial charge in [0.25, 0.3) is 5.69 Å². The number of aromatic amines is 1. The highest BCUT2D eigenvalue weighted by atomic mass is 16.6. The lowest BCUT2D eigenvalue weighted by atomic mass is 10.0. The highest BCUT2D eigenvalue weighted by molar-refractivity contribution is 5.94. The number of nitriles is 1. The van der Waals surface area contributed by atoms with Gasteiger partial charge in [0.1, 0.15) is 17.6 Å². The van der Waals surface area contributed by atoms with E-state index in [9.17, 15) is 15.4 Å². The highest BCUT2D eigenvalue weighted by Gasteiger charge is 2.26. The Morgan fingerprint density at radius 1 is 1.03 bits per heavy atom. The van der Waals surface area contributed by atoms with Crippen LogP contribution in [0.2, 0.25) is 0 Å². The topological polar surface area (TPSA) is 102 Å². The minimum Gasteiger partial charge on any atom is -0.371 e. The number of hydrogen-bond acceptors (Lipinski definition) is 6. The monoisotopic (exact) mass is 470 g/mol. The van der Waals surface area contributed by atoms with Gasteiger partial charge in [0, 0.05) is 43.5 Å². The Bertz CT molecular complexity index is 1320. The average Bonchev–Trinajstić information content (AvgIpc) is 3.30. The number of aryl methyl sites for hydroxylation is 1. The largest absolute Gasteiger partial charge is 0.371 e. The van der Waals surface area contributed by atoms with Gasteiger partial charge in [0.15, 0.2) is 0 Å². The number of benzene rings is 2. The van der Waals surface area contributed by atoms with Crippen LogP contribution >= 0.6 is 0 Å². The van der Waals surface area contributed by atoms with E-state index in [1.165, 1.54) is 6.42 Å². The maximum absolute atomic E-state index is 12.1. The molecule has 0 saturated carbocycles. The molecule has 5 rings (SSSR count). The van der Waals surface area contributed by atoms with Crippen LogP contribution in [-0.2, 0) is 0 Å². The summed E-state index contributed by atoms with van der Waals surface area (Å²) in [5.41, 5.74) is 5.53. The molecule has 3 aromatic rings. The number of piperidine rings is 2. The molecule has 2 aliphatic rings. The first kappa shape index (κ1) is 22.9. The summed E-state index contributed by atoms with van der Waals surface area (Å²) in [6.45, 7) is 5.48. The van der Waals surface area contributed by atoms with Gasteiger partial charge < -0.3 is 14.8 Å². The Hall–Kier alpha value is -3.86. The van der Waals surface area contributed by atoms with E-state index < -0.39 is 0 Å². The molecule has 2 saturated heterocycles. The molecule has 0 radical (unpaired) electrons. The van der Waals surface area contributed by atoms with E-state index in [0.29, 0.717) is 22.6 Å². The molecule has 3 heterocycles. The molecular weight excluding hydrogens is 440 g/mol. The van der Waals surface area contributed by atoms with E-state index in [2.05, 4.69) is 25.8 Å². The third kappa shape index (κ3) is 4.72. The first-order chi connectivity index (χ1) is 17.0. The second kappa shape index (κ2) is 9.79. The van der Waals surface area contributed by atoms with Gasteiger partial charge >= 0.3 is 0 Å². The van der Waals surface area contributed by atoms with Crippen molar-refractivity contribution < 1.29 is 4.92 Å². The van der Waals surface area contributed by atoms with Crippen molar-refractivity contribution in [1.29, 1.82) is 5.26 Å². The van der Waals surface area contributed by atoms with Crippen LogP contribution in [0.4, 0.5) is 17.1 Å². The average molecular weight is 471 g/mol. The minimum absolute atomic E-state index is 0.0939. The summed E-state index contributed by atoms with van der Waals surface area (Å²) in [4.78, 5) is 24.2. The van der Waals surface area contributed by atoms with Crippen LogP contribution in [0.1, 0.15) is 55.5 Å². The van der Waals surface area contributed by atoms with Crippen molar-refractivity contribution in [2.45, 2.75) is 45.4 Å². The minimum atomic E-state index is -0.294. The number of fused-ring (bicyclic) bond motifs is 1. The third-order valence-electron chi connectivity index (χ3n) is 7.03. The van der Waals surface area contributed by atoms with Gasteiger partial charge in [-0.05, 0) is 75.3 Å². The molecular formula is C27H30N6O2. The second-order valence-corrected chi connectivity index (χ2v) is 9.53. The molecule has 0 aliphatic carbocycles. The van der Waals surface area contributed by atoms with Crippen LogP contribution in [0, 0.1) is 28.4 Å². The van der Waals surface area contributed by atoms with Gasteiger partial charge in [-0.1, -0.05) is 6.07 Å². The van der Waals surface area contributed by atoms with Crippen molar-refractivity contribution in [2.75, 3.05) is 36.0 Å². The molecule has 8 nitrogen and oxygen atoms in total. The third-order valence-corrected chi connectivity index (χ3v) is 7.03. The van der Waals surface area contributed by atoms with E-state index in [0.717, 1.165) is 80.6 Å². The number of nitrogens with one attached hydrogen (secondary N) is 1. The quantitative estimate of drug-likeness (QED) is 0.286. The number of allylic oxidation sites excluding steroid dienone is 1. The predicted molar refractivity (Wildman–Crippen MR) is 140 cm³/mol. The molecule has 2 aromatic carbocycles. The lowest BCUT2D eigenvalue weighted by molar-refractivity contribution is -0.384. The first-order valence-corrected chi connectivity index (χ1v) is 12.4. The number of hydrogen-bond donors (Lipinski definition) is 1. The number of H-pyrrole nitrogens is 1. The van der Waals surface area contributed by atoms with E-state index >= 15 is 0 Å². The molecule has 2 aliphatic heterocycles. The van der Waals surface area contributed by atoms with Gasteiger partial charge in [-0.25, -0.2) is 4.98 Å². The van der Waals surface area contributed by atoms with Crippen molar-refractivity contribution >= 4 is 39.7 Å². The fourth-order valence-corrected chi connectivity index (χ4v) is 5.20. The molecule has 35 heavy (non-hydrogen) atoms. The lowest BCUT2D eigenvalue weighted by Crippen LogP contribution is -2.32.